The number of alkyl halides is 3. The maximum atomic E-state index is 12.6. The summed E-state index contributed by atoms with van der Waals surface area (Å²) in [4.78, 5) is 0. The molecular formula is C12H13F3O. The number of rotatable bonds is 3. The summed E-state index contributed by atoms with van der Waals surface area (Å²) in [5, 5.41) is 0. The molecule has 0 N–H and O–H groups in total. The number of hydrogen-bond donors (Lipinski definition) is 0. The summed E-state index contributed by atoms with van der Waals surface area (Å²) >= 11 is 0. The third-order valence-electron chi connectivity index (χ3n) is 3.01. The van der Waals surface area contributed by atoms with Crippen LogP contribution in [0.5, 0.6) is 0 Å². The van der Waals surface area contributed by atoms with Crippen LogP contribution in [0.15, 0.2) is 30.3 Å². The van der Waals surface area contributed by atoms with Gasteiger partial charge in [-0.05, 0) is 17.9 Å². The summed E-state index contributed by atoms with van der Waals surface area (Å²) in [5.74, 6) is -0.148. The molecule has 1 heterocycles. The van der Waals surface area contributed by atoms with Crippen LogP contribution in [-0.4, -0.2) is 18.4 Å². The second-order valence-electron chi connectivity index (χ2n) is 4.30. The van der Waals surface area contributed by atoms with E-state index in [-0.39, 0.29) is 18.9 Å². The molecule has 1 saturated heterocycles. The third-order valence-corrected chi connectivity index (χ3v) is 3.01. The molecule has 16 heavy (non-hydrogen) atoms. The molecule has 1 aliphatic rings. The molecule has 0 amide bonds. The van der Waals surface area contributed by atoms with Crippen LogP contribution in [-0.2, 0) is 4.74 Å². The standard InChI is InChI=1S/C12H13F3O/c1-9(10-5-3-2-4-6-10)7-11(8-16-11)12(13,14)15/h2-6,9H,7-8H2,1H3. The first-order chi connectivity index (χ1) is 7.45. The Morgan fingerprint density at radius 1 is 1.31 bits per heavy atom. The third kappa shape index (κ3) is 2.07. The summed E-state index contributed by atoms with van der Waals surface area (Å²) < 4.78 is 42.6. The van der Waals surface area contributed by atoms with E-state index in [1.165, 1.54) is 0 Å². The fraction of sp³-hybridized carbons (Fsp3) is 0.500. The predicted molar refractivity (Wildman–Crippen MR) is 54.2 cm³/mol. The Kier molecular flexibility index (Phi) is 2.70. The van der Waals surface area contributed by atoms with Gasteiger partial charge in [0.15, 0.2) is 5.60 Å². The lowest BCUT2D eigenvalue weighted by Gasteiger charge is -2.20. The van der Waals surface area contributed by atoms with Crippen molar-refractivity contribution >= 4 is 0 Å². The summed E-state index contributed by atoms with van der Waals surface area (Å²) in [6.07, 6.45) is -4.25. The van der Waals surface area contributed by atoms with Crippen LogP contribution in [0.1, 0.15) is 24.8 Å². The minimum Gasteiger partial charge on any atom is -0.360 e. The Morgan fingerprint density at radius 2 is 1.88 bits per heavy atom. The zero-order chi connectivity index (χ0) is 11.8. The summed E-state index contributed by atoms with van der Waals surface area (Å²) in [7, 11) is 0. The van der Waals surface area contributed by atoms with E-state index in [0.717, 1.165) is 5.56 Å². The van der Waals surface area contributed by atoms with Crippen LogP contribution in [0.4, 0.5) is 13.2 Å². The van der Waals surface area contributed by atoms with Crippen LogP contribution in [0.3, 0.4) is 0 Å². The fourth-order valence-corrected chi connectivity index (χ4v) is 1.88. The van der Waals surface area contributed by atoms with Crippen LogP contribution in [0, 0.1) is 0 Å². The minimum atomic E-state index is -4.25. The van der Waals surface area contributed by atoms with Crippen molar-refractivity contribution in [1.29, 1.82) is 0 Å². The molecular weight excluding hydrogens is 217 g/mol. The molecule has 0 saturated carbocycles. The second kappa shape index (κ2) is 3.77. The van der Waals surface area contributed by atoms with Crippen molar-refractivity contribution in [1.82, 2.24) is 0 Å². The lowest BCUT2D eigenvalue weighted by Crippen LogP contribution is -2.34. The van der Waals surface area contributed by atoms with E-state index in [1.807, 2.05) is 30.3 Å². The van der Waals surface area contributed by atoms with E-state index in [9.17, 15) is 13.2 Å². The zero-order valence-corrected chi connectivity index (χ0v) is 8.92. The van der Waals surface area contributed by atoms with E-state index in [0.29, 0.717) is 0 Å². The topological polar surface area (TPSA) is 12.5 Å². The Balaban J connectivity index is 2.06. The van der Waals surface area contributed by atoms with Crippen LogP contribution in [0.2, 0.25) is 0 Å². The van der Waals surface area contributed by atoms with Gasteiger partial charge in [-0.25, -0.2) is 0 Å². The van der Waals surface area contributed by atoms with Gasteiger partial charge in [0.2, 0.25) is 0 Å². The van der Waals surface area contributed by atoms with Crippen LogP contribution in [0.25, 0.3) is 0 Å². The molecule has 0 aromatic heterocycles. The molecule has 1 aromatic rings. The smallest absolute Gasteiger partial charge is 0.360 e. The lowest BCUT2D eigenvalue weighted by atomic mass is 9.90. The number of halogens is 3. The van der Waals surface area contributed by atoms with E-state index in [4.69, 9.17) is 0 Å². The number of hydrogen-bond acceptors (Lipinski definition) is 1. The SMILES string of the molecule is CC(CC1(C(F)(F)F)CO1)c1ccccc1. The highest BCUT2D eigenvalue weighted by molar-refractivity contribution is 5.20. The lowest BCUT2D eigenvalue weighted by molar-refractivity contribution is -0.186. The van der Waals surface area contributed by atoms with Crippen LogP contribution >= 0.6 is 0 Å². The van der Waals surface area contributed by atoms with Gasteiger partial charge in [-0.3, -0.25) is 0 Å². The monoisotopic (exact) mass is 230 g/mol. The molecule has 1 nitrogen and oxygen atoms in total. The molecule has 1 aromatic carbocycles. The number of ether oxygens (including phenoxy) is 1. The highest BCUT2D eigenvalue weighted by atomic mass is 19.4. The maximum absolute atomic E-state index is 12.6. The second-order valence-corrected chi connectivity index (χ2v) is 4.30. The van der Waals surface area contributed by atoms with Gasteiger partial charge in [-0.1, -0.05) is 37.3 Å². The van der Waals surface area contributed by atoms with Gasteiger partial charge in [0.05, 0.1) is 6.61 Å². The van der Waals surface area contributed by atoms with Crippen LogP contribution < -0.4 is 0 Å². The predicted octanol–water partition coefficient (Wildman–Crippen LogP) is 3.51. The Morgan fingerprint density at radius 3 is 2.31 bits per heavy atom. The van der Waals surface area contributed by atoms with Crippen molar-refractivity contribution in [3.8, 4) is 0 Å². The van der Waals surface area contributed by atoms with Gasteiger partial charge in [0, 0.05) is 0 Å². The molecule has 0 radical (unpaired) electrons. The highest BCUT2D eigenvalue weighted by Gasteiger charge is 2.65. The molecule has 0 aliphatic carbocycles. The van der Waals surface area contributed by atoms with Crippen molar-refractivity contribution in [2.45, 2.75) is 31.0 Å². The van der Waals surface area contributed by atoms with Gasteiger partial charge in [-0.15, -0.1) is 0 Å². The van der Waals surface area contributed by atoms with E-state index < -0.39 is 11.8 Å². The van der Waals surface area contributed by atoms with Crippen molar-refractivity contribution in [2.75, 3.05) is 6.61 Å². The van der Waals surface area contributed by atoms with Crippen molar-refractivity contribution in [3.05, 3.63) is 35.9 Å². The van der Waals surface area contributed by atoms with Crippen molar-refractivity contribution < 1.29 is 17.9 Å². The molecule has 2 rings (SSSR count). The summed E-state index contributed by atoms with van der Waals surface area (Å²) in [6, 6.07) is 9.21. The fourth-order valence-electron chi connectivity index (χ4n) is 1.88. The van der Waals surface area contributed by atoms with E-state index >= 15 is 0 Å². The molecule has 0 spiro atoms. The first-order valence-corrected chi connectivity index (χ1v) is 5.20. The normalized spacial score (nSPS) is 26.5. The minimum absolute atomic E-state index is 0.000509. The van der Waals surface area contributed by atoms with E-state index in [2.05, 4.69) is 4.74 Å². The van der Waals surface area contributed by atoms with Gasteiger partial charge >= 0.3 is 6.18 Å². The molecule has 1 fully saturated rings. The quantitative estimate of drug-likeness (QED) is 0.724. The number of epoxide rings is 1. The van der Waals surface area contributed by atoms with Gasteiger partial charge in [-0.2, -0.15) is 13.2 Å². The Bertz CT molecular complexity index is 354. The van der Waals surface area contributed by atoms with Crippen molar-refractivity contribution in [3.63, 3.8) is 0 Å². The largest absolute Gasteiger partial charge is 0.419 e. The summed E-state index contributed by atoms with van der Waals surface area (Å²) in [6.45, 7) is 1.60. The summed E-state index contributed by atoms with van der Waals surface area (Å²) in [5.41, 5.74) is -0.968. The average Bonchev–Trinajstić information content (AvgIpc) is 2.99. The zero-order valence-electron chi connectivity index (χ0n) is 8.92. The van der Waals surface area contributed by atoms with E-state index in [1.54, 1.807) is 6.92 Å². The molecule has 4 heteroatoms. The first-order valence-electron chi connectivity index (χ1n) is 5.20. The molecule has 2 unspecified atom stereocenters. The molecule has 2 atom stereocenters. The first kappa shape index (κ1) is 11.5. The maximum Gasteiger partial charge on any atom is 0.419 e. The molecule has 1 aliphatic heterocycles. The van der Waals surface area contributed by atoms with Gasteiger partial charge < -0.3 is 4.74 Å². The molecule has 88 valence electrons. The molecule has 0 bridgehead atoms. The average molecular weight is 230 g/mol. The highest BCUT2D eigenvalue weighted by Crippen LogP contribution is 2.49. The van der Waals surface area contributed by atoms with Gasteiger partial charge in [0.25, 0.3) is 0 Å². The van der Waals surface area contributed by atoms with Crippen molar-refractivity contribution in [2.24, 2.45) is 0 Å². The Labute approximate surface area is 92.2 Å². The number of benzene rings is 1. The van der Waals surface area contributed by atoms with Gasteiger partial charge in [0.1, 0.15) is 0 Å². The Hall–Kier alpha value is -1.03.